The lowest BCUT2D eigenvalue weighted by Gasteiger charge is -2.27. The van der Waals surface area contributed by atoms with Crippen molar-refractivity contribution in [1.82, 2.24) is 10.2 Å². The minimum Gasteiger partial charge on any atom is -0.380 e. The second-order valence-corrected chi connectivity index (χ2v) is 4.87. The van der Waals surface area contributed by atoms with E-state index < -0.39 is 0 Å². The summed E-state index contributed by atoms with van der Waals surface area (Å²) < 4.78 is 5.47. The fourth-order valence-corrected chi connectivity index (χ4v) is 2.17. The third-order valence-corrected chi connectivity index (χ3v) is 3.45. The van der Waals surface area contributed by atoms with Crippen LogP contribution in [0.15, 0.2) is 0 Å². The predicted octanol–water partition coefficient (Wildman–Crippen LogP) is 1.24. The fraction of sp³-hybridized carbons (Fsp3) is 1.00. The second kappa shape index (κ2) is 5.83. The highest BCUT2D eigenvalue weighted by molar-refractivity contribution is 4.81. The van der Waals surface area contributed by atoms with E-state index >= 15 is 0 Å². The number of nitrogens with zero attached hydrogens (tertiary/aromatic N) is 1. The number of rotatable bonds is 5. The van der Waals surface area contributed by atoms with Crippen molar-refractivity contribution < 1.29 is 4.74 Å². The van der Waals surface area contributed by atoms with Gasteiger partial charge in [-0.3, -0.25) is 4.90 Å². The highest BCUT2D eigenvalue weighted by Gasteiger charge is 2.21. The molecule has 1 N–H and O–H groups in total. The van der Waals surface area contributed by atoms with Crippen molar-refractivity contribution in [3.8, 4) is 0 Å². The maximum Gasteiger partial charge on any atom is 0.0593 e. The smallest absolute Gasteiger partial charge is 0.0593 e. The molecule has 1 unspecified atom stereocenters. The van der Waals surface area contributed by atoms with Crippen LogP contribution in [0, 0.1) is 0 Å². The SMILES string of the molecule is CC(CCNC1CC1)N1CCCOCC1. The summed E-state index contributed by atoms with van der Waals surface area (Å²) in [6.45, 7) is 7.72. The third-order valence-electron chi connectivity index (χ3n) is 3.45. The van der Waals surface area contributed by atoms with E-state index in [1.807, 2.05) is 0 Å². The minimum absolute atomic E-state index is 0.706. The summed E-state index contributed by atoms with van der Waals surface area (Å²) in [6.07, 6.45) is 5.26. The van der Waals surface area contributed by atoms with Crippen LogP contribution >= 0.6 is 0 Å². The molecule has 1 aliphatic heterocycles. The van der Waals surface area contributed by atoms with Gasteiger partial charge < -0.3 is 10.1 Å². The average Bonchev–Trinajstić information content (AvgIpc) is 3.04. The van der Waals surface area contributed by atoms with Gasteiger partial charge in [-0.2, -0.15) is 0 Å². The summed E-state index contributed by atoms with van der Waals surface area (Å²) >= 11 is 0. The molecule has 1 atom stereocenters. The van der Waals surface area contributed by atoms with Crippen LogP contribution in [0.1, 0.15) is 32.6 Å². The van der Waals surface area contributed by atoms with Crippen molar-refractivity contribution in [3.05, 3.63) is 0 Å². The summed E-state index contributed by atoms with van der Waals surface area (Å²) in [5, 5.41) is 3.58. The van der Waals surface area contributed by atoms with Gasteiger partial charge in [0.25, 0.3) is 0 Å². The Bertz CT molecular complexity index is 174. The highest BCUT2D eigenvalue weighted by Crippen LogP contribution is 2.18. The Kier molecular flexibility index (Phi) is 4.42. The van der Waals surface area contributed by atoms with Gasteiger partial charge in [0.15, 0.2) is 0 Å². The molecule has 15 heavy (non-hydrogen) atoms. The molecule has 88 valence electrons. The van der Waals surface area contributed by atoms with Crippen LogP contribution in [0.25, 0.3) is 0 Å². The molecule has 1 saturated heterocycles. The van der Waals surface area contributed by atoms with Gasteiger partial charge in [0.2, 0.25) is 0 Å². The van der Waals surface area contributed by atoms with Gasteiger partial charge in [-0.15, -0.1) is 0 Å². The predicted molar refractivity (Wildman–Crippen MR) is 62.1 cm³/mol. The number of ether oxygens (including phenoxy) is 1. The zero-order chi connectivity index (χ0) is 10.5. The zero-order valence-corrected chi connectivity index (χ0v) is 9.87. The molecule has 0 radical (unpaired) electrons. The van der Waals surface area contributed by atoms with Gasteiger partial charge in [0.05, 0.1) is 6.61 Å². The van der Waals surface area contributed by atoms with Crippen molar-refractivity contribution in [1.29, 1.82) is 0 Å². The first kappa shape index (κ1) is 11.4. The molecule has 1 heterocycles. The molecule has 0 aromatic rings. The molecule has 0 amide bonds. The molecule has 2 aliphatic rings. The Labute approximate surface area is 93.2 Å². The standard InChI is InChI=1S/C12H24N2O/c1-11(5-6-13-12-3-4-12)14-7-2-9-15-10-8-14/h11-13H,2-10H2,1H3. The first-order valence-corrected chi connectivity index (χ1v) is 6.41. The summed E-state index contributed by atoms with van der Waals surface area (Å²) in [6, 6.07) is 1.56. The van der Waals surface area contributed by atoms with E-state index in [9.17, 15) is 0 Å². The summed E-state index contributed by atoms with van der Waals surface area (Å²) in [7, 11) is 0. The van der Waals surface area contributed by atoms with Crippen LogP contribution in [0.5, 0.6) is 0 Å². The number of nitrogens with one attached hydrogen (secondary N) is 1. The van der Waals surface area contributed by atoms with Crippen molar-refractivity contribution in [3.63, 3.8) is 0 Å². The Balaban J connectivity index is 1.61. The van der Waals surface area contributed by atoms with E-state index in [4.69, 9.17) is 4.74 Å². The summed E-state index contributed by atoms with van der Waals surface area (Å²) in [5.74, 6) is 0. The van der Waals surface area contributed by atoms with Crippen LogP contribution in [0.3, 0.4) is 0 Å². The second-order valence-electron chi connectivity index (χ2n) is 4.87. The van der Waals surface area contributed by atoms with E-state index in [-0.39, 0.29) is 0 Å². The molecule has 0 aromatic heterocycles. The van der Waals surface area contributed by atoms with E-state index in [0.29, 0.717) is 6.04 Å². The molecule has 3 nitrogen and oxygen atoms in total. The molecular weight excluding hydrogens is 188 g/mol. The molecule has 3 heteroatoms. The molecule has 2 fully saturated rings. The zero-order valence-electron chi connectivity index (χ0n) is 9.87. The summed E-state index contributed by atoms with van der Waals surface area (Å²) in [4.78, 5) is 2.57. The van der Waals surface area contributed by atoms with Crippen LogP contribution in [-0.2, 0) is 4.74 Å². The van der Waals surface area contributed by atoms with E-state index in [0.717, 1.165) is 25.8 Å². The topological polar surface area (TPSA) is 24.5 Å². The van der Waals surface area contributed by atoms with Crippen molar-refractivity contribution in [2.24, 2.45) is 0 Å². The Morgan fingerprint density at radius 1 is 1.33 bits per heavy atom. The van der Waals surface area contributed by atoms with Crippen LogP contribution in [0.2, 0.25) is 0 Å². The van der Waals surface area contributed by atoms with Gasteiger partial charge in [0.1, 0.15) is 0 Å². The molecule has 2 rings (SSSR count). The van der Waals surface area contributed by atoms with E-state index in [1.54, 1.807) is 0 Å². The lowest BCUT2D eigenvalue weighted by Crippen LogP contribution is -2.37. The van der Waals surface area contributed by atoms with Crippen LogP contribution in [-0.4, -0.2) is 49.8 Å². The van der Waals surface area contributed by atoms with Crippen molar-refractivity contribution in [2.75, 3.05) is 32.8 Å². The first-order valence-electron chi connectivity index (χ1n) is 6.41. The van der Waals surface area contributed by atoms with Gasteiger partial charge in [0, 0.05) is 31.8 Å². The van der Waals surface area contributed by atoms with Gasteiger partial charge in [-0.25, -0.2) is 0 Å². The lowest BCUT2D eigenvalue weighted by atomic mass is 10.2. The normalized spacial score (nSPS) is 26.2. The van der Waals surface area contributed by atoms with Gasteiger partial charge in [-0.05, 0) is 39.2 Å². The monoisotopic (exact) mass is 212 g/mol. The van der Waals surface area contributed by atoms with Crippen molar-refractivity contribution in [2.45, 2.75) is 44.7 Å². The Hall–Kier alpha value is -0.120. The molecule has 0 bridgehead atoms. The first-order chi connectivity index (χ1) is 7.36. The number of hydrogen-bond donors (Lipinski definition) is 1. The summed E-state index contributed by atoms with van der Waals surface area (Å²) in [5.41, 5.74) is 0. The Morgan fingerprint density at radius 3 is 3.00 bits per heavy atom. The molecular formula is C12H24N2O. The minimum atomic E-state index is 0.706. The third kappa shape index (κ3) is 4.09. The average molecular weight is 212 g/mol. The largest absolute Gasteiger partial charge is 0.380 e. The maximum atomic E-state index is 5.47. The molecule has 0 spiro atoms. The quantitative estimate of drug-likeness (QED) is 0.742. The molecule has 1 aliphatic carbocycles. The lowest BCUT2D eigenvalue weighted by molar-refractivity contribution is 0.132. The fourth-order valence-electron chi connectivity index (χ4n) is 2.17. The van der Waals surface area contributed by atoms with Gasteiger partial charge >= 0.3 is 0 Å². The van der Waals surface area contributed by atoms with Crippen LogP contribution in [0.4, 0.5) is 0 Å². The van der Waals surface area contributed by atoms with Crippen LogP contribution < -0.4 is 5.32 Å². The maximum absolute atomic E-state index is 5.47. The highest BCUT2D eigenvalue weighted by atomic mass is 16.5. The molecule has 0 aromatic carbocycles. The molecule has 1 saturated carbocycles. The van der Waals surface area contributed by atoms with Gasteiger partial charge in [-0.1, -0.05) is 0 Å². The number of hydrogen-bond acceptors (Lipinski definition) is 3. The van der Waals surface area contributed by atoms with E-state index in [1.165, 1.54) is 38.8 Å². The van der Waals surface area contributed by atoms with E-state index in [2.05, 4.69) is 17.1 Å². The Morgan fingerprint density at radius 2 is 2.20 bits per heavy atom. The van der Waals surface area contributed by atoms with Crippen molar-refractivity contribution >= 4 is 0 Å².